The summed E-state index contributed by atoms with van der Waals surface area (Å²) in [4.78, 5) is 23.6. The molecular weight excluding hydrogens is 422 g/mol. The molecule has 1 amide bonds. The van der Waals surface area contributed by atoms with Crippen LogP contribution in [0.25, 0.3) is 22.3 Å². The number of halogens is 1. The molecule has 3 aromatic rings. The summed E-state index contributed by atoms with van der Waals surface area (Å²) in [5, 5.41) is 10.0. The number of likely N-dealkylation sites (tertiary alicyclic amines) is 1. The normalized spacial score (nSPS) is 16.4. The maximum atomic E-state index is 12.9. The van der Waals surface area contributed by atoms with Crippen LogP contribution in [0.15, 0.2) is 55.0 Å². The van der Waals surface area contributed by atoms with Gasteiger partial charge in [0.25, 0.3) is 5.91 Å². The molecule has 166 valence electrons. The van der Waals surface area contributed by atoms with E-state index in [0.717, 1.165) is 40.8 Å². The van der Waals surface area contributed by atoms with Crippen molar-refractivity contribution in [2.75, 3.05) is 13.2 Å². The summed E-state index contributed by atoms with van der Waals surface area (Å²) in [7, 11) is 0. The van der Waals surface area contributed by atoms with E-state index in [-0.39, 0.29) is 24.0 Å². The maximum Gasteiger partial charge on any atom is 0.254 e. The Balaban J connectivity index is 1.63. The molecule has 1 atom stereocenters. The average molecular weight is 450 g/mol. The smallest absolute Gasteiger partial charge is 0.254 e. The zero-order chi connectivity index (χ0) is 22.9. The van der Waals surface area contributed by atoms with Crippen molar-refractivity contribution < 1.29 is 9.90 Å². The van der Waals surface area contributed by atoms with Gasteiger partial charge < -0.3 is 10.0 Å². The number of aliphatic hydroxyl groups excluding tert-OH is 1. The van der Waals surface area contributed by atoms with Crippen molar-refractivity contribution in [1.29, 1.82) is 0 Å². The molecular formula is C26H28ClN3O2. The van der Waals surface area contributed by atoms with Crippen LogP contribution in [0, 0.1) is 0 Å². The van der Waals surface area contributed by atoms with Gasteiger partial charge in [-0.2, -0.15) is 0 Å². The van der Waals surface area contributed by atoms with Gasteiger partial charge in [0.15, 0.2) is 0 Å². The van der Waals surface area contributed by atoms with Crippen molar-refractivity contribution in [2.24, 2.45) is 0 Å². The summed E-state index contributed by atoms with van der Waals surface area (Å²) < 4.78 is 0. The summed E-state index contributed by atoms with van der Waals surface area (Å²) in [6.07, 6.45) is 7.18. The number of benzene rings is 1. The Morgan fingerprint density at radius 2 is 1.91 bits per heavy atom. The number of rotatable bonds is 4. The Bertz CT molecular complexity index is 1140. The standard InChI is InChI=1S/C26H28ClN3O2/c1-26(2,3)24-13-17(8-9-29-24)19-11-20(15-28-14-19)22-7-6-18(12-23(22)27)25(32)30-10-4-5-21(30)16-31/h6-9,11-15,21,31H,4-5,10,16H2,1-3H3/t21-/m0/s1. The van der Waals surface area contributed by atoms with E-state index in [4.69, 9.17) is 11.6 Å². The van der Waals surface area contributed by atoms with Gasteiger partial charge in [0.05, 0.1) is 12.6 Å². The second-order valence-corrected chi connectivity index (χ2v) is 9.72. The minimum atomic E-state index is -0.111. The largest absolute Gasteiger partial charge is 0.394 e. The fraction of sp³-hybridized carbons (Fsp3) is 0.346. The number of carbonyl (C=O) groups is 1. The molecule has 1 aliphatic rings. The van der Waals surface area contributed by atoms with E-state index in [1.165, 1.54) is 0 Å². The lowest BCUT2D eigenvalue weighted by Gasteiger charge is -2.23. The van der Waals surface area contributed by atoms with Crippen molar-refractivity contribution >= 4 is 17.5 Å². The first-order chi connectivity index (χ1) is 15.3. The Labute approximate surface area is 194 Å². The molecule has 3 heterocycles. The summed E-state index contributed by atoms with van der Waals surface area (Å²) in [5.74, 6) is -0.0895. The predicted molar refractivity (Wildman–Crippen MR) is 128 cm³/mol. The predicted octanol–water partition coefficient (Wildman–Crippen LogP) is 5.36. The van der Waals surface area contributed by atoms with Crippen LogP contribution in [0.4, 0.5) is 0 Å². The summed E-state index contributed by atoms with van der Waals surface area (Å²) in [6.45, 7) is 7.07. The van der Waals surface area contributed by atoms with Gasteiger partial charge in [0, 0.05) is 63.5 Å². The van der Waals surface area contributed by atoms with Gasteiger partial charge in [-0.1, -0.05) is 38.4 Å². The van der Waals surface area contributed by atoms with Crippen molar-refractivity contribution in [3.63, 3.8) is 0 Å². The summed E-state index contributed by atoms with van der Waals surface area (Å²) in [5.41, 5.74) is 5.24. The fourth-order valence-electron chi connectivity index (χ4n) is 4.11. The summed E-state index contributed by atoms with van der Waals surface area (Å²) in [6, 6.07) is 11.4. The number of pyridine rings is 2. The highest BCUT2D eigenvalue weighted by molar-refractivity contribution is 6.33. The van der Waals surface area contributed by atoms with Gasteiger partial charge in [-0.25, -0.2) is 0 Å². The van der Waals surface area contributed by atoms with E-state index in [1.807, 2.05) is 24.5 Å². The molecule has 1 aliphatic heterocycles. The van der Waals surface area contributed by atoms with Crippen molar-refractivity contribution in [3.8, 4) is 22.3 Å². The van der Waals surface area contributed by atoms with Gasteiger partial charge in [-0.15, -0.1) is 0 Å². The molecule has 0 spiro atoms. The monoisotopic (exact) mass is 449 g/mol. The van der Waals surface area contributed by atoms with Gasteiger partial charge >= 0.3 is 0 Å². The van der Waals surface area contributed by atoms with Crippen molar-refractivity contribution in [3.05, 3.63) is 71.3 Å². The maximum absolute atomic E-state index is 12.9. The van der Waals surface area contributed by atoms with Crippen LogP contribution in [-0.2, 0) is 5.41 Å². The Kier molecular flexibility index (Phi) is 6.31. The third kappa shape index (κ3) is 4.54. The van der Waals surface area contributed by atoms with Crippen LogP contribution in [0.3, 0.4) is 0 Å². The lowest BCUT2D eigenvalue weighted by molar-refractivity contribution is 0.0677. The molecule has 32 heavy (non-hydrogen) atoms. The zero-order valence-corrected chi connectivity index (χ0v) is 19.4. The number of carbonyl (C=O) groups excluding carboxylic acids is 1. The Morgan fingerprint density at radius 1 is 1.12 bits per heavy atom. The van der Waals surface area contributed by atoms with E-state index in [2.05, 4.69) is 42.9 Å². The SMILES string of the molecule is CC(C)(C)c1cc(-c2cncc(-c3ccc(C(=O)N4CCC[C@H]4CO)cc3Cl)c2)ccn1. The van der Waals surface area contributed by atoms with E-state index in [0.29, 0.717) is 17.1 Å². The minimum absolute atomic E-state index is 0.0120. The van der Waals surface area contributed by atoms with E-state index >= 15 is 0 Å². The topological polar surface area (TPSA) is 66.3 Å². The van der Waals surface area contributed by atoms with Crippen molar-refractivity contribution in [2.45, 2.75) is 45.1 Å². The fourth-order valence-corrected chi connectivity index (χ4v) is 4.40. The quantitative estimate of drug-likeness (QED) is 0.582. The summed E-state index contributed by atoms with van der Waals surface area (Å²) >= 11 is 6.61. The zero-order valence-electron chi connectivity index (χ0n) is 18.7. The molecule has 0 saturated carbocycles. The molecule has 5 nitrogen and oxygen atoms in total. The van der Waals surface area contributed by atoms with Crippen LogP contribution < -0.4 is 0 Å². The lowest BCUT2D eigenvalue weighted by atomic mass is 9.90. The highest BCUT2D eigenvalue weighted by Crippen LogP contribution is 2.33. The van der Waals surface area contributed by atoms with E-state index in [1.54, 1.807) is 23.2 Å². The molecule has 0 aliphatic carbocycles. The first-order valence-electron chi connectivity index (χ1n) is 10.9. The second-order valence-electron chi connectivity index (χ2n) is 9.31. The third-order valence-corrected chi connectivity index (χ3v) is 6.29. The van der Waals surface area contributed by atoms with Crippen LogP contribution in [-0.4, -0.2) is 45.1 Å². The Hall–Kier alpha value is -2.76. The number of amides is 1. The van der Waals surface area contributed by atoms with Crippen LogP contribution in [0.2, 0.25) is 5.02 Å². The molecule has 0 radical (unpaired) electrons. The van der Waals surface area contributed by atoms with Gasteiger partial charge in [-0.3, -0.25) is 14.8 Å². The highest BCUT2D eigenvalue weighted by atomic mass is 35.5. The lowest BCUT2D eigenvalue weighted by Crippen LogP contribution is -2.37. The van der Waals surface area contributed by atoms with E-state index < -0.39 is 0 Å². The highest BCUT2D eigenvalue weighted by Gasteiger charge is 2.29. The molecule has 1 N–H and O–H groups in total. The van der Waals surface area contributed by atoms with Gasteiger partial charge in [0.2, 0.25) is 0 Å². The molecule has 0 unspecified atom stereocenters. The van der Waals surface area contributed by atoms with Crippen LogP contribution in [0.1, 0.15) is 49.7 Å². The number of aromatic nitrogens is 2. The van der Waals surface area contributed by atoms with Crippen LogP contribution >= 0.6 is 11.6 Å². The number of aliphatic hydroxyl groups is 1. The molecule has 6 heteroatoms. The van der Waals surface area contributed by atoms with Crippen LogP contribution in [0.5, 0.6) is 0 Å². The molecule has 1 saturated heterocycles. The van der Waals surface area contributed by atoms with Crippen molar-refractivity contribution in [1.82, 2.24) is 14.9 Å². The molecule has 0 bridgehead atoms. The first-order valence-corrected chi connectivity index (χ1v) is 11.3. The number of nitrogens with zero attached hydrogens (tertiary/aromatic N) is 3. The van der Waals surface area contributed by atoms with Gasteiger partial charge in [-0.05, 0) is 48.7 Å². The average Bonchev–Trinajstić information content (AvgIpc) is 3.27. The number of hydrogen-bond donors (Lipinski definition) is 1. The molecule has 1 fully saturated rings. The van der Waals surface area contributed by atoms with Gasteiger partial charge in [0.1, 0.15) is 0 Å². The number of hydrogen-bond acceptors (Lipinski definition) is 4. The third-order valence-electron chi connectivity index (χ3n) is 5.98. The van der Waals surface area contributed by atoms with E-state index in [9.17, 15) is 9.90 Å². The molecule has 2 aromatic heterocycles. The Morgan fingerprint density at radius 3 is 2.62 bits per heavy atom. The molecule has 1 aromatic carbocycles. The minimum Gasteiger partial charge on any atom is -0.394 e. The first kappa shape index (κ1) is 22.4. The molecule has 4 rings (SSSR count). The second kappa shape index (κ2) is 9.00.